The summed E-state index contributed by atoms with van der Waals surface area (Å²) in [6, 6.07) is 0.682. The first-order valence-corrected chi connectivity index (χ1v) is 14.7. The van der Waals surface area contributed by atoms with Crippen LogP contribution >= 0.6 is 58.2 Å². The van der Waals surface area contributed by atoms with Gasteiger partial charge < -0.3 is 27.1 Å². The molecular formula is C20H19ClN8O5S4. The molecule has 2 aliphatic rings. The number of fused-ring (bicyclic) bond motifs is 1. The third-order valence-electron chi connectivity index (χ3n) is 5.04. The van der Waals surface area contributed by atoms with Gasteiger partial charge >= 0.3 is 5.97 Å². The van der Waals surface area contributed by atoms with Crippen molar-refractivity contribution in [1.29, 1.82) is 0 Å². The Hall–Kier alpha value is -2.83. The summed E-state index contributed by atoms with van der Waals surface area (Å²) in [5.41, 5.74) is 10.7. The number of β-lactam (4-membered cyclic amide) rings is 1. The molecule has 1 saturated heterocycles. The Morgan fingerprint density at radius 3 is 2.84 bits per heavy atom. The number of nitrogen functional groups attached to an aromatic ring is 1. The topological polar surface area (TPSA) is 210 Å². The predicted octanol–water partition coefficient (Wildman–Crippen LogP) is 1.44. The van der Waals surface area contributed by atoms with Gasteiger partial charge in [-0.1, -0.05) is 51.6 Å². The van der Waals surface area contributed by atoms with E-state index >= 15 is 0 Å². The van der Waals surface area contributed by atoms with E-state index in [0.717, 1.165) is 16.2 Å². The van der Waals surface area contributed by atoms with Crippen LogP contribution in [0.5, 0.6) is 0 Å². The number of nitrogens with two attached hydrogens (primary N) is 2. The van der Waals surface area contributed by atoms with Gasteiger partial charge in [-0.15, -0.1) is 11.8 Å². The Bertz CT molecular complexity index is 1370. The summed E-state index contributed by atoms with van der Waals surface area (Å²) in [6.07, 6.45) is 3.25. The number of amides is 2. The molecule has 13 nitrogen and oxygen atoms in total. The van der Waals surface area contributed by atoms with Gasteiger partial charge in [-0.25, -0.2) is 19.7 Å². The molecule has 7 N–H and O–H groups in total. The van der Waals surface area contributed by atoms with Crippen molar-refractivity contribution in [2.24, 2.45) is 10.9 Å². The summed E-state index contributed by atoms with van der Waals surface area (Å²) in [5, 5.41) is 27.0. The first kappa shape index (κ1) is 28.2. The molecule has 0 saturated carbocycles. The molecule has 0 spiro atoms. The standard InChI is InChI=1S/C20H19ClN8O5S4/c21-14-10(27-19(23)38-14)11(28-34)15(30)26-12-16(31)29-13(18(32)33)8(7-37-17(12)29)2-5-35-9-1-4-24-20(25-9)36-6-3-22/h1-2,4-5,12,17,34H,3,6-7,22H2,(H2,23,27)(H,26,30)(H,32,33)/t12-,17-/m1/s1. The number of anilines is 1. The van der Waals surface area contributed by atoms with Crippen molar-refractivity contribution in [3.63, 3.8) is 0 Å². The van der Waals surface area contributed by atoms with Gasteiger partial charge in [0.15, 0.2) is 16.0 Å². The van der Waals surface area contributed by atoms with Gasteiger partial charge in [-0.3, -0.25) is 14.5 Å². The highest BCUT2D eigenvalue weighted by molar-refractivity contribution is 8.02. The van der Waals surface area contributed by atoms with Gasteiger partial charge in [0.05, 0.1) is 0 Å². The fourth-order valence-electron chi connectivity index (χ4n) is 3.44. The molecule has 0 unspecified atom stereocenters. The number of carbonyl (C=O) groups excluding carboxylic acids is 2. The first-order valence-electron chi connectivity index (χ1n) is 10.6. The van der Waals surface area contributed by atoms with E-state index < -0.39 is 34.9 Å². The van der Waals surface area contributed by atoms with E-state index in [1.165, 1.54) is 35.3 Å². The third-order valence-corrected chi connectivity index (χ3v) is 9.07. The maximum atomic E-state index is 12.9. The summed E-state index contributed by atoms with van der Waals surface area (Å²) in [6.45, 7) is 0.501. The summed E-state index contributed by atoms with van der Waals surface area (Å²) in [7, 11) is 0. The number of oxime groups is 1. The predicted molar refractivity (Wildman–Crippen MR) is 146 cm³/mol. The molecule has 0 aromatic carbocycles. The van der Waals surface area contributed by atoms with Gasteiger partial charge in [0.2, 0.25) is 0 Å². The van der Waals surface area contributed by atoms with E-state index in [0.29, 0.717) is 28.1 Å². The zero-order chi connectivity index (χ0) is 27.4. The Labute approximate surface area is 237 Å². The molecule has 2 aliphatic heterocycles. The van der Waals surface area contributed by atoms with Crippen molar-refractivity contribution in [2.75, 3.05) is 23.8 Å². The van der Waals surface area contributed by atoms with E-state index in [2.05, 4.69) is 25.4 Å². The number of rotatable bonds is 10. The molecule has 4 heterocycles. The van der Waals surface area contributed by atoms with Crippen LogP contribution in [0.1, 0.15) is 5.69 Å². The fraction of sp³-hybridized carbons (Fsp3) is 0.250. The molecule has 2 aromatic rings. The second-order valence-electron chi connectivity index (χ2n) is 7.40. The smallest absolute Gasteiger partial charge is 0.352 e. The normalized spacial score (nSPS) is 19.5. The molecule has 200 valence electrons. The van der Waals surface area contributed by atoms with Crippen LogP contribution in [0.2, 0.25) is 4.34 Å². The highest BCUT2D eigenvalue weighted by Gasteiger charge is 2.54. The lowest BCUT2D eigenvalue weighted by atomic mass is 10.0. The lowest BCUT2D eigenvalue weighted by molar-refractivity contribution is -0.150. The summed E-state index contributed by atoms with van der Waals surface area (Å²) in [5.74, 6) is -1.84. The molecule has 2 amide bonds. The van der Waals surface area contributed by atoms with Crippen LogP contribution in [0.15, 0.2) is 50.4 Å². The number of carboxylic acids is 1. The van der Waals surface area contributed by atoms with Gasteiger partial charge in [0, 0.05) is 24.2 Å². The number of nitrogens with zero attached hydrogens (tertiary/aromatic N) is 5. The highest BCUT2D eigenvalue weighted by atomic mass is 35.5. The minimum atomic E-state index is -1.28. The summed E-state index contributed by atoms with van der Waals surface area (Å²) >= 11 is 10.9. The number of hydrogen-bond donors (Lipinski definition) is 5. The van der Waals surface area contributed by atoms with Gasteiger partial charge in [0.1, 0.15) is 32.2 Å². The summed E-state index contributed by atoms with van der Waals surface area (Å²) < 4.78 is 0.0388. The summed E-state index contributed by atoms with van der Waals surface area (Å²) in [4.78, 5) is 51.3. The van der Waals surface area contributed by atoms with E-state index in [4.69, 9.17) is 23.1 Å². The fourth-order valence-corrected chi connectivity index (χ4v) is 6.99. The van der Waals surface area contributed by atoms with E-state index in [1.807, 2.05) is 0 Å². The monoisotopic (exact) mass is 614 g/mol. The van der Waals surface area contributed by atoms with Crippen molar-refractivity contribution >= 4 is 86.9 Å². The molecule has 18 heteroatoms. The SMILES string of the molecule is NCCSc1nccc(SC=CC2=C(C(=O)O)N3C(=O)[C@@H](NC(=O)C(=NO)c4nc(N)sc4Cl)[C@H]3SC2)n1. The Morgan fingerprint density at radius 2 is 2.18 bits per heavy atom. The highest BCUT2D eigenvalue weighted by Crippen LogP contribution is 2.41. The van der Waals surface area contributed by atoms with Crippen molar-refractivity contribution in [3.8, 4) is 0 Å². The molecule has 2 atom stereocenters. The van der Waals surface area contributed by atoms with Crippen LogP contribution in [0.25, 0.3) is 0 Å². The molecule has 0 aliphatic carbocycles. The van der Waals surface area contributed by atoms with Crippen molar-refractivity contribution in [3.05, 3.63) is 45.0 Å². The molecule has 0 bridgehead atoms. The number of nitrogens with one attached hydrogen (secondary N) is 1. The average Bonchev–Trinajstić information content (AvgIpc) is 3.23. The molecule has 0 radical (unpaired) electrons. The van der Waals surface area contributed by atoms with Gasteiger partial charge in [0.25, 0.3) is 11.8 Å². The van der Waals surface area contributed by atoms with Crippen LogP contribution < -0.4 is 16.8 Å². The molecule has 2 aromatic heterocycles. The average molecular weight is 615 g/mol. The van der Waals surface area contributed by atoms with Crippen LogP contribution in [-0.4, -0.2) is 83.1 Å². The molecule has 4 rings (SSSR count). The maximum absolute atomic E-state index is 12.9. The number of halogens is 1. The first-order chi connectivity index (χ1) is 18.2. The number of allylic oxidation sites excluding steroid dienone is 1. The number of thiazole rings is 1. The van der Waals surface area contributed by atoms with Crippen LogP contribution in [-0.2, 0) is 14.4 Å². The second-order valence-corrected chi connectivity index (χ2v) is 12.1. The van der Waals surface area contributed by atoms with Gasteiger partial charge in [-0.05, 0) is 23.1 Å². The molecule has 1 fully saturated rings. The third kappa shape index (κ3) is 5.92. The van der Waals surface area contributed by atoms with E-state index in [9.17, 15) is 24.7 Å². The number of carboxylic acid groups (broad SMARTS) is 1. The molecule has 38 heavy (non-hydrogen) atoms. The minimum Gasteiger partial charge on any atom is -0.477 e. The Balaban J connectivity index is 1.46. The zero-order valence-electron chi connectivity index (χ0n) is 19.1. The van der Waals surface area contributed by atoms with E-state index in [-0.39, 0.29) is 26.6 Å². The van der Waals surface area contributed by atoms with E-state index in [1.54, 1.807) is 23.7 Å². The van der Waals surface area contributed by atoms with Crippen LogP contribution in [0.3, 0.4) is 0 Å². The quantitative estimate of drug-likeness (QED) is 0.0488. The largest absolute Gasteiger partial charge is 0.477 e. The number of aliphatic carboxylic acids is 1. The van der Waals surface area contributed by atoms with Crippen LogP contribution in [0, 0.1) is 0 Å². The van der Waals surface area contributed by atoms with Crippen LogP contribution in [0.4, 0.5) is 5.13 Å². The minimum absolute atomic E-state index is 0.0388. The Morgan fingerprint density at radius 1 is 1.39 bits per heavy atom. The lowest BCUT2D eigenvalue weighted by Crippen LogP contribution is -2.71. The molecular weight excluding hydrogens is 596 g/mol. The number of aromatic nitrogens is 3. The van der Waals surface area contributed by atoms with Gasteiger partial charge in [-0.2, -0.15) is 0 Å². The zero-order valence-corrected chi connectivity index (χ0v) is 23.1. The lowest BCUT2D eigenvalue weighted by Gasteiger charge is -2.49. The number of hydrogen-bond acceptors (Lipinski definition) is 14. The van der Waals surface area contributed by atoms with Crippen molar-refractivity contribution < 1.29 is 24.7 Å². The van der Waals surface area contributed by atoms with Crippen molar-refractivity contribution in [1.82, 2.24) is 25.2 Å². The number of carbonyl (C=O) groups is 3. The second kappa shape index (κ2) is 12.4. The maximum Gasteiger partial charge on any atom is 0.352 e. The Kier molecular flexibility index (Phi) is 9.16. The number of thioether (sulfide) groups is 3. The van der Waals surface area contributed by atoms with Crippen molar-refractivity contribution in [2.45, 2.75) is 21.6 Å².